The lowest BCUT2D eigenvalue weighted by molar-refractivity contribution is -0.138. The summed E-state index contributed by atoms with van der Waals surface area (Å²) in [5.74, 6) is -0.317. The molecule has 1 fully saturated rings. The number of likely N-dealkylation sites (N-methyl/N-ethyl adjacent to an activating group) is 1. The number of hydrogen-bond donors (Lipinski definition) is 1. The molecular weight excluding hydrogens is 286 g/mol. The van der Waals surface area contributed by atoms with Crippen LogP contribution in [-0.2, 0) is 9.59 Å². The third kappa shape index (κ3) is 2.53. The highest BCUT2D eigenvalue weighted by molar-refractivity contribution is 8.02. The number of nitrogens with zero attached hydrogens (tertiary/aromatic N) is 2. The lowest BCUT2D eigenvalue weighted by Crippen LogP contribution is -2.57. The first-order valence-electron chi connectivity index (χ1n) is 7.08. The van der Waals surface area contributed by atoms with E-state index in [0.717, 1.165) is 23.7 Å². The Balaban J connectivity index is 1.83. The van der Waals surface area contributed by atoms with Crippen molar-refractivity contribution in [3.63, 3.8) is 0 Å². The molecule has 2 amide bonds. The summed E-state index contributed by atoms with van der Waals surface area (Å²) >= 11 is 1.35. The monoisotopic (exact) mass is 305 g/mol. The van der Waals surface area contributed by atoms with E-state index in [1.165, 1.54) is 11.8 Å². The van der Waals surface area contributed by atoms with Crippen LogP contribution in [0.15, 0.2) is 29.2 Å². The van der Waals surface area contributed by atoms with Crippen molar-refractivity contribution < 1.29 is 9.59 Å². The predicted octanol–water partition coefficient (Wildman–Crippen LogP) is 1.26. The highest BCUT2D eigenvalue weighted by atomic mass is 32.2. The van der Waals surface area contributed by atoms with Crippen molar-refractivity contribution in [1.29, 1.82) is 0 Å². The average Bonchev–Trinajstić information content (AvgIpc) is 2.48. The van der Waals surface area contributed by atoms with Crippen LogP contribution in [0.2, 0.25) is 0 Å². The Morgan fingerprint density at radius 1 is 1.24 bits per heavy atom. The number of hydrogen-bond acceptors (Lipinski definition) is 4. The standard InChI is InChI=1S/C15H19N3O2S/c1-15(14(20)18-9-7-17(2)8-10-18)13(19)16-11-5-3-4-6-12(11)21-15/h3-6H,7-10H2,1-2H3,(H,16,19). The van der Waals surface area contributed by atoms with Crippen LogP contribution in [0.4, 0.5) is 5.69 Å². The highest BCUT2D eigenvalue weighted by Crippen LogP contribution is 2.43. The van der Waals surface area contributed by atoms with Gasteiger partial charge in [-0.1, -0.05) is 23.9 Å². The number of carbonyl (C=O) groups excluding carboxylic acids is 2. The quantitative estimate of drug-likeness (QED) is 0.794. The number of piperazine rings is 1. The van der Waals surface area contributed by atoms with E-state index < -0.39 is 4.75 Å². The number of nitrogens with one attached hydrogen (secondary N) is 1. The number of carbonyl (C=O) groups is 2. The van der Waals surface area contributed by atoms with E-state index in [9.17, 15) is 9.59 Å². The largest absolute Gasteiger partial charge is 0.338 e. The summed E-state index contributed by atoms with van der Waals surface area (Å²) in [6.07, 6.45) is 0. The molecule has 0 aliphatic carbocycles. The van der Waals surface area contributed by atoms with Crippen molar-refractivity contribution >= 4 is 29.3 Å². The maximum Gasteiger partial charge on any atom is 0.250 e. The van der Waals surface area contributed by atoms with E-state index in [4.69, 9.17) is 0 Å². The fourth-order valence-corrected chi connectivity index (χ4v) is 3.79. The van der Waals surface area contributed by atoms with Crippen molar-refractivity contribution in [3.05, 3.63) is 24.3 Å². The van der Waals surface area contributed by atoms with Gasteiger partial charge in [0, 0.05) is 31.1 Å². The summed E-state index contributed by atoms with van der Waals surface area (Å²) in [7, 11) is 2.04. The van der Waals surface area contributed by atoms with E-state index in [0.29, 0.717) is 13.1 Å². The highest BCUT2D eigenvalue weighted by Gasteiger charge is 2.48. The van der Waals surface area contributed by atoms with E-state index in [-0.39, 0.29) is 11.8 Å². The van der Waals surface area contributed by atoms with Crippen molar-refractivity contribution in [2.24, 2.45) is 0 Å². The maximum atomic E-state index is 12.8. The molecule has 1 aromatic rings. The van der Waals surface area contributed by atoms with Crippen LogP contribution in [0.3, 0.4) is 0 Å². The first-order valence-corrected chi connectivity index (χ1v) is 7.90. The molecule has 2 aliphatic rings. The summed E-state index contributed by atoms with van der Waals surface area (Å²) in [4.78, 5) is 30.2. The zero-order valence-electron chi connectivity index (χ0n) is 12.3. The Hall–Kier alpha value is -1.53. The fourth-order valence-electron chi connectivity index (χ4n) is 2.62. The van der Waals surface area contributed by atoms with Crippen LogP contribution < -0.4 is 5.32 Å². The van der Waals surface area contributed by atoms with Gasteiger partial charge in [-0.25, -0.2) is 0 Å². The van der Waals surface area contributed by atoms with E-state index >= 15 is 0 Å². The van der Waals surface area contributed by atoms with Gasteiger partial charge in [0.1, 0.15) is 0 Å². The van der Waals surface area contributed by atoms with Gasteiger partial charge in [0.15, 0.2) is 4.75 Å². The van der Waals surface area contributed by atoms with Crippen LogP contribution in [0, 0.1) is 0 Å². The number of rotatable bonds is 1. The Morgan fingerprint density at radius 2 is 1.90 bits per heavy atom. The van der Waals surface area contributed by atoms with Crippen molar-refractivity contribution in [2.45, 2.75) is 16.6 Å². The Kier molecular flexibility index (Phi) is 3.67. The first-order chi connectivity index (χ1) is 10.0. The molecule has 0 spiro atoms. The molecule has 3 rings (SSSR count). The molecule has 1 N–H and O–H groups in total. The van der Waals surface area contributed by atoms with Gasteiger partial charge in [-0.05, 0) is 26.1 Å². The lowest BCUT2D eigenvalue weighted by Gasteiger charge is -2.39. The van der Waals surface area contributed by atoms with E-state index in [1.54, 1.807) is 11.8 Å². The Morgan fingerprint density at radius 3 is 2.62 bits per heavy atom. The minimum absolute atomic E-state index is 0.0902. The third-order valence-corrected chi connectivity index (χ3v) is 5.43. The number of fused-ring (bicyclic) bond motifs is 1. The molecule has 1 aromatic carbocycles. The van der Waals surface area contributed by atoms with Crippen LogP contribution in [0.1, 0.15) is 6.92 Å². The second kappa shape index (κ2) is 5.35. The molecule has 0 saturated carbocycles. The minimum atomic E-state index is -1.08. The molecule has 1 saturated heterocycles. The van der Waals surface area contributed by atoms with Crippen LogP contribution >= 0.6 is 11.8 Å². The second-order valence-electron chi connectivity index (χ2n) is 5.68. The van der Waals surface area contributed by atoms with Gasteiger partial charge < -0.3 is 15.1 Å². The molecular formula is C15H19N3O2S. The molecule has 2 aliphatic heterocycles. The van der Waals surface area contributed by atoms with Gasteiger partial charge in [-0.2, -0.15) is 0 Å². The predicted molar refractivity (Wildman–Crippen MR) is 83.4 cm³/mol. The topological polar surface area (TPSA) is 52.6 Å². The van der Waals surface area contributed by atoms with Gasteiger partial charge >= 0.3 is 0 Å². The van der Waals surface area contributed by atoms with Crippen LogP contribution in [-0.4, -0.2) is 59.6 Å². The van der Waals surface area contributed by atoms with E-state index in [1.807, 2.05) is 31.3 Å². The number of amides is 2. The summed E-state index contributed by atoms with van der Waals surface area (Å²) < 4.78 is -1.08. The molecule has 2 heterocycles. The van der Waals surface area contributed by atoms with Crippen molar-refractivity contribution in [2.75, 3.05) is 38.5 Å². The molecule has 0 radical (unpaired) electrons. The lowest BCUT2D eigenvalue weighted by atomic mass is 10.1. The van der Waals surface area contributed by atoms with Crippen molar-refractivity contribution in [1.82, 2.24) is 9.80 Å². The molecule has 5 nitrogen and oxygen atoms in total. The molecule has 0 bridgehead atoms. The molecule has 1 atom stereocenters. The molecule has 112 valence electrons. The maximum absolute atomic E-state index is 12.8. The summed E-state index contributed by atoms with van der Waals surface area (Å²) in [6, 6.07) is 7.60. The molecule has 21 heavy (non-hydrogen) atoms. The van der Waals surface area contributed by atoms with Crippen LogP contribution in [0.25, 0.3) is 0 Å². The summed E-state index contributed by atoms with van der Waals surface area (Å²) in [5.41, 5.74) is 0.788. The normalized spacial score (nSPS) is 26.2. The number of para-hydroxylation sites is 1. The zero-order valence-corrected chi connectivity index (χ0v) is 13.1. The number of benzene rings is 1. The SMILES string of the molecule is CN1CCN(C(=O)C2(C)Sc3ccccc3NC2=O)CC1. The Bertz CT molecular complexity index is 584. The van der Waals surface area contributed by atoms with Gasteiger partial charge in [-0.3, -0.25) is 9.59 Å². The van der Waals surface area contributed by atoms with Gasteiger partial charge in [-0.15, -0.1) is 0 Å². The summed E-state index contributed by atoms with van der Waals surface area (Å²) in [5, 5.41) is 2.86. The molecule has 1 unspecified atom stereocenters. The molecule has 0 aromatic heterocycles. The number of anilines is 1. The molecule has 6 heteroatoms. The van der Waals surface area contributed by atoms with Gasteiger partial charge in [0.05, 0.1) is 5.69 Å². The second-order valence-corrected chi connectivity index (χ2v) is 7.14. The zero-order chi connectivity index (χ0) is 15.0. The van der Waals surface area contributed by atoms with Crippen LogP contribution in [0.5, 0.6) is 0 Å². The first kappa shape index (κ1) is 14.4. The minimum Gasteiger partial charge on any atom is -0.338 e. The van der Waals surface area contributed by atoms with Gasteiger partial charge in [0.25, 0.3) is 0 Å². The van der Waals surface area contributed by atoms with E-state index in [2.05, 4.69) is 10.2 Å². The number of thioether (sulfide) groups is 1. The third-order valence-electron chi connectivity index (χ3n) is 4.08. The van der Waals surface area contributed by atoms with Gasteiger partial charge in [0.2, 0.25) is 11.8 Å². The summed E-state index contributed by atoms with van der Waals surface area (Å²) in [6.45, 7) is 4.79. The smallest absolute Gasteiger partial charge is 0.250 e. The fraction of sp³-hybridized carbons (Fsp3) is 0.467. The Labute approximate surface area is 128 Å². The van der Waals surface area contributed by atoms with Crippen molar-refractivity contribution in [3.8, 4) is 0 Å². The average molecular weight is 305 g/mol.